The summed E-state index contributed by atoms with van der Waals surface area (Å²) in [6.45, 7) is 0.740. The van der Waals surface area contributed by atoms with E-state index in [1.807, 2.05) is 18.2 Å². The molecule has 0 N–H and O–H groups in total. The van der Waals surface area contributed by atoms with Crippen LogP contribution in [0.4, 0.5) is 0 Å². The number of hydrogen-bond acceptors (Lipinski definition) is 7. The van der Waals surface area contributed by atoms with Crippen LogP contribution >= 0.6 is 0 Å². The summed E-state index contributed by atoms with van der Waals surface area (Å²) in [4.78, 5) is 4.53. The van der Waals surface area contributed by atoms with E-state index in [-0.39, 0.29) is 11.0 Å². The van der Waals surface area contributed by atoms with Crippen molar-refractivity contribution in [2.75, 3.05) is 13.1 Å². The van der Waals surface area contributed by atoms with Crippen LogP contribution in [0.25, 0.3) is 16.7 Å². The Morgan fingerprint density at radius 3 is 2.52 bits per heavy atom. The zero-order chi connectivity index (χ0) is 21.3. The third-order valence-electron chi connectivity index (χ3n) is 5.27. The molecular weight excluding hydrogens is 416 g/mol. The third kappa shape index (κ3) is 3.87. The summed E-state index contributed by atoms with van der Waals surface area (Å²) in [6.07, 6.45) is 6.08. The van der Waals surface area contributed by atoms with E-state index in [1.54, 1.807) is 53.6 Å². The molecule has 4 aromatic rings. The maximum atomic E-state index is 13.2. The molecule has 0 radical (unpaired) electrons. The molecule has 158 valence electrons. The number of aromatic nitrogens is 5. The lowest BCUT2D eigenvalue weighted by Crippen LogP contribution is -2.41. The van der Waals surface area contributed by atoms with Gasteiger partial charge in [-0.2, -0.15) is 9.40 Å². The van der Waals surface area contributed by atoms with E-state index >= 15 is 0 Å². The van der Waals surface area contributed by atoms with Gasteiger partial charge in [0, 0.05) is 43.1 Å². The zero-order valence-corrected chi connectivity index (χ0v) is 17.4. The van der Waals surface area contributed by atoms with E-state index in [0.29, 0.717) is 43.1 Å². The molecule has 0 bridgehead atoms. The number of hydrogen-bond donors (Lipinski definition) is 0. The highest BCUT2D eigenvalue weighted by atomic mass is 32.2. The SMILES string of the molecule is O=S(=O)(c1cccc2cccnc12)N1CCC(Oc2ccc(-n3cccn3)nn2)CC1. The Labute approximate surface area is 179 Å². The average Bonchev–Trinajstić information content (AvgIpc) is 3.35. The molecule has 31 heavy (non-hydrogen) atoms. The molecule has 1 fully saturated rings. The molecule has 0 aliphatic carbocycles. The molecular formula is C21H20N6O3S. The molecule has 0 saturated carbocycles. The molecule has 1 aliphatic heterocycles. The second-order valence-corrected chi connectivity index (χ2v) is 9.14. The van der Waals surface area contributed by atoms with Crippen molar-refractivity contribution in [3.05, 3.63) is 67.1 Å². The van der Waals surface area contributed by atoms with Crippen molar-refractivity contribution >= 4 is 20.9 Å². The quantitative estimate of drug-likeness (QED) is 0.473. The topological polar surface area (TPSA) is 103 Å². The van der Waals surface area contributed by atoms with E-state index in [4.69, 9.17) is 4.74 Å². The highest BCUT2D eigenvalue weighted by Crippen LogP contribution is 2.27. The number of sulfonamides is 1. The lowest BCUT2D eigenvalue weighted by atomic mass is 10.1. The standard InChI is InChI=1S/C21H20N6O3S/c28-31(29,18-6-1-4-16-5-2-11-22-21(16)18)26-14-9-17(10-15-26)30-20-8-7-19(24-25-20)27-13-3-12-23-27/h1-8,11-13,17H,9-10,14-15H2. The fourth-order valence-corrected chi connectivity index (χ4v) is 5.32. The Morgan fingerprint density at radius 1 is 0.935 bits per heavy atom. The minimum Gasteiger partial charge on any atom is -0.473 e. The maximum Gasteiger partial charge on any atom is 0.245 e. The summed E-state index contributed by atoms with van der Waals surface area (Å²) >= 11 is 0. The second kappa shape index (κ2) is 8.05. The lowest BCUT2D eigenvalue weighted by molar-refractivity contribution is 0.128. The molecule has 1 aliphatic rings. The van der Waals surface area contributed by atoms with Gasteiger partial charge in [-0.25, -0.2) is 13.1 Å². The van der Waals surface area contributed by atoms with Crippen molar-refractivity contribution in [1.82, 2.24) is 29.3 Å². The van der Waals surface area contributed by atoms with E-state index in [2.05, 4.69) is 20.3 Å². The molecule has 4 heterocycles. The predicted octanol–water partition coefficient (Wildman–Crippen LogP) is 2.44. The fraction of sp³-hybridized carbons (Fsp3) is 0.238. The number of fused-ring (bicyclic) bond motifs is 1. The predicted molar refractivity (Wildman–Crippen MR) is 113 cm³/mol. The molecule has 0 atom stereocenters. The van der Waals surface area contributed by atoms with Crippen LogP contribution < -0.4 is 4.74 Å². The van der Waals surface area contributed by atoms with Crippen LogP contribution in [0.2, 0.25) is 0 Å². The first kappa shape index (κ1) is 19.6. The third-order valence-corrected chi connectivity index (χ3v) is 7.20. The fourth-order valence-electron chi connectivity index (χ4n) is 3.69. The van der Waals surface area contributed by atoms with Crippen molar-refractivity contribution in [1.29, 1.82) is 0 Å². The van der Waals surface area contributed by atoms with Crippen LogP contribution in [-0.4, -0.2) is 56.9 Å². The number of nitrogens with zero attached hydrogens (tertiary/aromatic N) is 6. The number of piperidine rings is 1. The summed E-state index contributed by atoms with van der Waals surface area (Å²) in [5.41, 5.74) is 0.496. The zero-order valence-electron chi connectivity index (χ0n) is 16.6. The van der Waals surface area contributed by atoms with Gasteiger partial charge in [0.05, 0.1) is 5.52 Å². The normalized spacial score (nSPS) is 15.9. The first-order valence-corrected chi connectivity index (χ1v) is 11.4. The summed E-state index contributed by atoms with van der Waals surface area (Å²) in [5, 5.41) is 13.1. The van der Waals surface area contributed by atoms with Crippen LogP contribution in [0.1, 0.15) is 12.8 Å². The first-order valence-electron chi connectivity index (χ1n) is 9.95. The van der Waals surface area contributed by atoms with Gasteiger partial charge in [-0.05, 0) is 37.1 Å². The van der Waals surface area contributed by atoms with Crippen LogP contribution in [0.15, 0.2) is 72.0 Å². The molecule has 1 saturated heterocycles. The molecule has 5 rings (SSSR count). The summed E-state index contributed by atoms with van der Waals surface area (Å²) in [6, 6.07) is 14.2. The summed E-state index contributed by atoms with van der Waals surface area (Å²) in [7, 11) is -3.64. The molecule has 3 aromatic heterocycles. The van der Waals surface area contributed by atoms with Crippen molar-refractivity contribution in [2.45, 2.75) is 23.8 Å². The van der Waals surface area contributed by atoms with Crippen LogP contribution in [0, 0.1) is 0 Å². The Morgan fingerprint density at radius 2 is 1.77 bits per heavy atom. The molecule has 0 spiro atoms. The van der Waals surface area contributed by atoms with Crippen LogP contribution in [0.5, 0.6) is 5.88 Å². The lowest BCUT2D eigenvalue weighted by Gasteiger charge is -2.31. The van der Waals surface area contributed by atoms with Crippen LogP contribution in [0.3, 0.4) is 0 Å². The van der Waals surface area contributed by atoms with Crippen molar-refractivity contribution in [3.8, 4) is 11.7 Å². The maximum absolute atomic E-state index is 13.2. The minimum absolute atomic E-state index is 0.123. The number of pyridine rings is 1. The van der Waals surface area contributed by atoms with Gasteiger partial charge in [-0.3, -0.25) is 4.98 Å². The van der Waals surface area contributed by atoms with Gasteiger partial charge in [0.15, 0.2) is 5.82 Å². The number of rotatable bonds is 5. The highest BCUT2D eigenvalue weighted by molar-refractivity contribution is 7.89. The van der Waals surface area contributed by atoms with Crippen molar-refractivity contribution < 1.29 is 13.2 Å². The van der Waals surface area contributed by atoms with Gasteiger partial charge in [0.25, 0.3) is 0 Å². The summed E-state index contributed by atoms with van der Waals surface area (Å²) in [5.74, 6) is 1.01. The molecule has 9 nitrogen and oxygen atoms in total. The van der Waals surface area contributed by atoms with Gasteiger partial charge < -0.3 is 4.74 Å². The second-order valence-electron chi connectivity index (χ2n) is 7.23. The van der Waals surface area contributed by atoms with E-state index in [9.17, 15) is 8.42 Å². The van der Waals surface area contributed by atoms with Gasteiger partial charge in [-0.1, -0.05) is 18.2 Å². The highest BCUT2D eigenvalue weighted by Gasteiger charge is 2.31. The van der Waals surface area contributed by atoms with Gasteiger partial charge >= 0.3 is 0 Å². The number of para-hydroxylation sites is 1. The Balaban J connectivity index is 1.26. The van der Waals surface area contributed by atoms with E-state index in [1.165, 1.54) is 4.31 Å². The Hall–Kier alpha value is -3.37. The average molecular weight is 436 g/mol. The van der Waals surface area contributed by atoms with Crippen LogP contribution in [-0.2, 0) is 10.0 Å². The van der Waals surface area contributed by atoms with Crippen molar-refractivity contribution in [3.63, 3.8) is 0 Å². The largest absolute Gasteiger partial charge is 0.473 e. The Kier molecular flexibility index (Phi) is 5.08. The molecule has 0 unspecified atom stereocenters. The number of ether oxygens (including phenoxy) is 1. The molecule has 1 aromatic carbocycles. The van der Waals surface area contributed by atoms with Gasteiger partial charge in [-0.15, -0.1) is 10.2 Å². The van der Waals surface area contributed by atoms with Gasteiger partial charge in [0.1, 0.15) is 11.0 Å². The monoisotopic (exact) mass is 436 g/mol. The number of benzene rings is 1. The van der Waals surface area contributed by atoms with Crippen molar-refractivity contribution in [2.24, 2.45) is 0 Å². The minimum atomic E-state index is -3.64. The molecule has 0 amide bonds. The van der Waals surface area contributed by atoms with Gasteiger partial charge in [0.2, 0.25) is 15.9 Å². The summed E-state index contributed by atoms with van der Waals surface area (Å²) < 4.78 is 35.5. The first-order chi connectivity index (χ1) is 15.1. The van der Waals surface area contributed by atoms with E-state index in [0.717, 1.165) is 5.39 Å². The smallest absolute Gasteiger partial charge is 0.245 e. The molecule has 10 heteroatoms. The van der Waals surface area contributed by atoms with E-state index < -0.39 is 10.0 Å². The Bertz CT molecular complexity index is 1280.